The summed E-state index contributed by atoms with van der Waals surface area (Å²) < 4.78 is 0. The number of phenols is 3. The van der Waals surface area contributed by atoms with Gasteiger partial charge in [-0.05, 0) is 18.2 Å². The predicted molar refractivity (Wildman–Crippen MR) is 119 cm³/mol. The second-order valence-electron chi connectivity index (χ2n) is 5.77. The normalized spacial score (nSPS) is 9.26. The van der Waals surface area contributed by atoms with Gasteiger partial charge in [-0.3, -0.25) is 30.3 Å². The summed E-state index contributed by atoms with van der Waals surface area (Å²) in [6.07, 6.45) is 0. The fraction of sp³-hybridized carbons (Fsp3) is 0. The molecular weight excluding hydrogens is 647 g/mol. The molecule has 0 spiro atoms. The Labute approximate surface area is 233 Å². The van der Waals surface area contributed by atoms with E-state index in [-0.39, 0.29) is 85.0 Å². The number of hydrogen-bond donors (Lipinski definition) is 3. The Balaban J connectivity index is 0.000000473. The van der Waals surface area contributed by atoms with E-state index in [2.05, 4.69) is 0 Å². The molecule has 3 aromatic rings. The van der Waals surface area contributed by atoms with Crippen LogP contribution in [0.5, 0.6) is 17.2 Å². The third-order valence-electron chi connectivity index (χ3n) is 3.23. The van der Waals surface area contributed by atoms with Gasteiger partial charge in [0.25, 0.3) is 17.1 Å². The van der Waals surface area contributed by atoms with Crippen LogP contribution in [0.3, 0.4) is 0 Å². The molecule has 0 amide bonds. The van der Waals surface area contributed by atoms with Gasteiger partial charge in [0.05, 0.1) is 48.0 Å². The van der Waals surface area contributed by atoms with Crippen LogP contribution in [-0.4, -0.2) is 30.1 Å². The van der Waals surface area contributed by atoms with Crippen molar-refractivity contribution in [2.75, 3.05) is 0 Å². The van der Waals surface area contributed by atoms with E-state index in [0.29, 0.717) is 0 Å². The van der Waals surface area contributed by atoms with Crippen LogP contribution in [-0.2, 0) is 0 Å². The molecule has 1 radical (unpaired) electrons. The first-order chi connectivity index (χ1) is 15.3. The summed E-state index contributed by atoms with van der Waals surface area (Å²) >= 11 is 16.3. The topological polar surface area (TPSA) is 190 Å². The van der Waals surface area contributed by atoms with Gasteiger partial charge in [0.1, 0.15) is 17.2 Å². The number of rotatable bonds is 3. The Morgan fingerprint density at radius 1 is 0.500 bits per heavy atom. The van der Waals surface area contributed by atoms with Crippen molar-refractivity contribution in [1.82, 2.24) is 0 Å². The van der Waals surface area contributed by atoms with Gasteiger partial charge < -0.3 is 15.3 Å². The van der Waals surface area contributed by atoms with Crippen molar-refractivity contribution in [1.29, 1.82) is 0 Å². The minimum absolute atomic E-state index is 0. The Bertz CT molecular complexity index is 992. The third-order valence-corrected chi connectivity index (χ3v) is 3.89. The molecule has 0 unspecified atom stereocenters. The molecule has 16 heteroatoms. The Morgan fingerprint density at radius 3 is 0.853 bits per heavy atom. The first-order valence-electron chi connectivity index (χ1n) is 8.20. The van der Waals surface area contributed by atoms with Crippen molar-refractivity contribution >= 4 is 51.9 Å². The predicted octanol–water partition coefficient (Wildman–Crippen LogP) is 5.86. The van der Waals surface area contributed by atoms with E-state index in [1.807, 2.05) is 0 Å². The van der Waals surface area contributed by atoms with Gasteiger partial charge in [0.15, 0.2) is 0 Å². The van der Waals surface area contributed by atoms with Crippen molar-refractivity contribution in [2.24, 2.45) is 0 Å². The van der Waals surface area contributed by atoms with Gasteiger partial charge in [-0.1, -0.05) is 34.8 Å². The first kappa shape index (κ1) is 31.3. The summed E-state index contributed by atoms with van der Waals surface area (Å²) in [5.74, 6) is -0.613. The van der Waals surface area contributed by atoms with Crippen LogP contribution in [0.15, 0.2) is 54.6 Å². The minimum atomic E-state index is -0.619. The standard InChI is InChI=1S/3C6H4ClNO3.La/c3*7-4-1-5(8(10)11)3-6(9)2-4;/h3*1-3,9H;. The molecule has 0 aliphatic carbocycles. The fourth-order valence-corrected chi connectivity index (χ4v) is 2.66. The number of nitro groups is 3. The van der Waals surface area contributed by atoms with Gasteiger partial charge in [-0.25, -0.2) is 0 Å². The smallest absolute Gasteiger partial charge is 0.274 e. The number of hydrogen-bond acceptors (Lipinski definition) is 9. The summed E-state index contributed by atoms with van der Waals surface area (Å²) in [6.45, 7) is 0. The van der Waals surface area contributed by atoms with Crippen molar-refractivity contribution in [3.63, 3.8) is 0 Å². The molecule has 0 fully saturated rings. The maximum absolute atomic E-state index is 10.1. The van der Waals surface area contributed by atoms with E-state index in [1.54, 1.807) is 0 Å². The van der Waals surface area contributed by atoms with Crippen LogP contribution in [0.25, 0.3) is 0 Å². The molecule has 34 heavy (non-hydrogen) atoms. The quantitative estimate of drug-likeness (QED) is 0.228. The summed E-state index contributed by atoms with van der Waals surface area (Å²) in [7, 11) is 0. The number of non-ortho nitro benzene ring substituents is 3. The Hall–Kier alpha value is -2.68. The zero-order valence-electron chi connectivity index (χ0n) is 16.5. The van der Waals surface area contributed by atoms with Crippen LogP contribution in [0.2, 0.25) is 15.1 Å². The molecule has 0 saturated carbocycles. The van der Waals surface area contributed by atoms with E-state index in [0.717, 1.165) is 18.2 Å². The van der Waals surface area contributed by atoms with E-state index in [4.69, 9.17) is 50.1 Å². The molecule has 12 nitrogen and oxygen atoms in total. The van der Waals surface area contributed by atoms with Gasteiger partial charge in [-0.2, -0.15) is 0 Å². The molecule has 0 heterocycles. The van der Waals surface area contributed by atoms with Gasteiger partial charge in [0, 0.05) is 53.8 Å². The zero-order valence-corrected chi connectivity index (χ0v) is 22.4. The van der Waals surface area contributed by atoms with Crippen LogP contribution in [0.4, 0.5) is 17.1 Å². The largest absolute Gasteiger partial charge is 0.508 e. The number of benzene rings is 3. The average Bonchev–Trinajstić information content (AvgIpc) is 2.66. The number of nitrogens with zero attached hydrogens (tertiary/aromatic N) is 3. The summed E-state index contributed by atoms with van der Waals surface area (Å²) in [5, 5.41) is 57.4. The van der Waals surface area contributed by atoms with E-state index in [1.165, 1.54) is 36.4 Å². The SMILES string of the molecule is O=[N+]([O-])c1cc(O)cc(Cl)c1.O=[N+]([O-])c1cc(O)cc(Cl)c1.O=[N+]([O-])c1cc(O)cc(Cl)c1.[La]. The van der Waals surface area contributed by atoms with E-state index in [9.17, 15) is 30.3 Å². The molecule has 3 aromatic carbocycles. The van der Waals surface area contributed by atoms with Crippen molar-refractivity contribution in [3.05, 3.63) is 100 Å². The maximum Gasteiger partial charge on any atom is 0.274 e. The van der Waals surface area contributed by atoms with Gasteiger partial charge in [-0.15, -0.1) is 0 Å². The summed E-state index contributed by atoms with van der Waals surface area (Å²) in [5.41, 5.74) is -0.639. The fourth-order valence-electron chi connectivity index (χ4n) is 1.99. The zero-order chi connectivity index (χ0) is 25.3. The molecule has 0 bridgehead atoms. The maximum atomic E-state index is 10.1. The van der Waals surface area contributed by atoms with Crippen molar-refractivity contribution in [2.45, 2.75) is 0 Å². The molecule has 0 aliphatic rings. The number of phenolic OH excluding ortho intramolecular Hbond substituents is 3. The number of nitro benzene ring substituents is 3. The average molecular weight is 660 g/mol. The Kier molecular flexibility index (Phi) is 13.4. The van der Waals surface area contributed by atoms with E-state index >= 15 is 0 Å². The number of halogens is 3. The van der Waals surface area contributed by atoms with Crippen LogP contribution < -0.4 is 0 Å². The molecule has 0 aliphatic heterocycles. The first-order valence-corrected chi connectivity index (χ1v) is 9.33. The van der Waals surface area contributed by atoms with Gasteiger partial charge >= 0.3 is 0 Å². The van der Waals surface area contributed by atoms with Crippen molar-refractivity contribution in [3.8, 4) is 17.2 Å². The Morgan fingerprint density at radius 2 is 0.706 bits per heavy atom. The minimum Gasteiger partial charge on any atom is -0.508 e. The molecule has 3 N–H and O–H groups in total. The second kappa shape index (κ2) is 14.6. The van der Waals surface area contributed by atoms with Crippen LogP contribution in [0, 0.1) is 65.9 Å². The molecule has 0 saturated heterocycles. The molecular formula is C18H12Cl3LaN3O9. The van der Waals surface area contributed by atoms with Gasteiger partial charge in [0.2, 0.25) is 0 Å². The number of aromatic hydroxyl groups is 3. The monoisotopic (exact) mass is 658 g/mol. The summed E-state index contributed by atoms with van der Waals surface area (Å²) in [6, 6.07) is 10.3. The molecule has 0 aromatic heterocycles. The molecule has 0 atom stereocenters. The van der Waals surface area contributed by atoms with Crippen molar-refractivity contribution < 1.29 is 65.7 Å². The molecule has 177 valence electrons. The van der Waals surface area contributed by atoms with Crippen LogP contribution in [0.1, 0.15) is 0 Å². The van der Waals surface area contributed by atoms with E-state index < -0.39 is 14.8 Å². The molecule has 3 rings (SSSR count). The summed E-state index contributed by atoms with van der Waals surface area (Å²) in [4.78, 5) is 28.6. The van der Waals surface area contributed by atoms with Crippen LogP contribution >= 0.6 is 34.8 Å². The second-order valence-corrected chi connectivity index (χ2v) is 7.08. The third kappa shape index (κ3) is 11.5.